The van der Waals surface area contributed by atoms with Crippen LogP contribution in [0, 0.1) is 5.92 Å². The van der Waals surface area contributed by atoms with E-state index in [1.165, 1.54) is 33.2 Å². The number of amides is 1. The van der Waals surface area contributed by atoms with Crippen molar-refractivity contribution in [2.45, 2.75) is 57.8 Å². The Kier molecular flexibility index (Phi) is 10.9. The number of carbonyl (C=O) groups excluding carboxylic acids is 1. The number of pyridine rings is 1. The van der Waals surface area contributed by atoms with E-state index < -0.39 is 64.6 Å². The quantitative estimate of drug-likeness (QED) is 0.214. The highest BCUT2D eigenvalue weighted by molar-refractivity contribution is 7.87. The van der Waals surface area contributed by atoms with Gasteiger partial charge in [0.05, 0.1) is 18.6 Å². The Labute approximate surface area is 221 Å². The number of carboxylic acid groups (broad SMARTS) is 2. The normalized spacial score (nSPS) is 14.4. The molecule has 1 aromatic carbocycles. The molecule has 5 N–H and O–H groups in total. The number of rotatable bonds is 15. The maximum absolute atomic E-state index is 13.3. The van der Waals surface area contributed by atoms with Gasteiger partial charge in [0.15, 0.2) is 0 Å². The molecule has 12 nitrogen and oxygen atoms in total. The summed E-state index contributed by atoms with van der Waals surface area (Å²) in [5, 5.41) is 32.3. The van der Waals surface area contributed by atoms with Crippen molar-refractivity contribution >= 4 is 28.1 Å². The van der Waals surface area contributed by atoms with Crippen LogP contribution < -0.4 is 10.0 Å². The van der Waals surface area contributed by atoms with Gasteiger partial charge in [0.2, 0.25) is 5.91 Å². The van der Waals surface area contributed by atoms with Crippen LogP contribution >= 0.6 is 0 Å². The number of nitrogens with one attached hydrogen (secondary N) is 2. The molecular weight excluding hydrogens is 516 g/mol. The lowest BCUT2D eigenvalue weighted by Gasteiger charge is -2.32. The monoisotopic (exact) mass is 550 g/mol. The molecule has 0 aliphatic rings. The topological polar surface area (TPSA) is 186 Å². The van der Waals surface area contributed by atoms with Crippen molar-refractivity contribution < 1.29 is 38.1 Å². The zero-order valence-corrected chi connectivity index (χ0v) is 22.3. The van der Waals surface area contributed by atoms with Crippen molar-refractivity contribution in [3.63, 3.8) is 0 Å². The number of hydrogen-bond donors (Lipinski definition) is 5. The van der Waals surface area contributed by atoms with Crippen LogP contribution in [0.4, 0.5) is 0 Å². The van der Waals surface area contributed by atoms with Gasteiger partial charge in [-0.25, -0.2) is 0 Å². The predicted molar refractivity (Wildman–Crippen MR) is 138 cm³/mol. The van der Waals surface area contributed by atoms with Gasteiger partial charge in [0.1, 0.15) is 5.54 Å². The van der Waals surface area contributed by atoms with Gasteiger partial charge >= 0.3 is 11.9 Å². The number of hydrogen-bond acceptors (Lipinski definition) is 7. The Hall–Kier alpha value is -3.39. The Morgan fingerprint density at radius 1 is 1.03 bits per heavy atom. The fourth-order valence-corrected chi connectivity index (χ4v) is 5.07. The number of aliphatic carboxylic acids is 2. The number of carbonyl (C=O) groups is 3. The molecule has 2 aromatic rings. The average Bonchev–Trinajstić information content (AvgIpc) is 2.83. The van der Waals surface area contributed by atoms with Crippen LogP contribution in [0.15, 0.2) is 54.9 Å². The molecule has 0 aliphatic carbocycles. The summed E-state index contributed by atoms with van der Waals surface area (Å²) in [5.41, 5.74) is -0.564. The Morgan fingerprint density at radius 2 is 1.63 bits per heavy atom. The minimum atomic E-state index is -4.45. The van der Waals surface area contributed by atoms with E-state index in [-0.39, 0.29) is 13.0 Å². The predicted octanol–water partition coefficient (Wildman–Crippen LogP) is 0.780. The van der Waals surface area contributed by atoms with E-state index in [0.29, 0.717) is 5.56 Å². The number of nitrogens with zero attached hydrogens (tertiary/aromatic N) is 2. The molecular formula is C25H34N4O8S. The van der Waals surface area contributed by atoms with Crippen LogP contribution in [0.5, 0.6) is 0 Å². The molecule has 0 fully saturated rings. The van der Waals surface area contributed by atoms with Crippen molar-refractivity contribution in [1.82, 2.24) is 19.3 Å². The molecule has 13 heteroatoms. The smallest absolute Gasteiger partial charge is 0.324 e. The van der Waals surface area contributed by atoms with Gasteiger partial charge in [0.25, 0.3) is 10.2 Å². The largest absolute Gasteiger partial charge is 0.481 e. The van der Waals surface area contributed by atoms with Crippen molar-refractivity contribution in [2.75, 3.05) is 6.54 Å². The third-order valence-corrected chi connectivity index (χ3v) is 7.50. The molecule has 2 rings (SSSR count). The zero-order valence-electron chi connectivity index (χ0n) is 21.4. The third-order valence-electron chi connectivity index (χ3n) is 5.78. The Morgan fingerprint density at radius 3 is 2.18 bits per heavy atom. The number of benzene rings is 1. The number of aliphatic hydroxyl groups excluding tert-OH is 1. The van der Waals surface area contributed by atoms with Crippen LogP contribution in [-0.4, -0.2) is 75.1 Å². The Balaban J connectivity index is 2.37. The van der Waals surface area contributed by atoms with Gasteiger partial charge < -0.3 is 20.6 Å². The van der Waals surface area contributed by atoms with Crippen molar-refractivity contribution in [1.29, 1.82) is 0 Å². The van der Waals surface area contributed by atoms with Crippen molar-refractivity contribution in [3.05, 3.63) is 66.0 Å². The summed E-state index contributed by atoms with van der Waals surface area (Å²) in [6.45, 7) is 3.10. The molecule has 0 saturated carbocycles. The Bertz CT molecular complexity index is 1190. The first-order valence-electron chi connectivity index (χ1n) is 11.9. The van der Waals surface area contributed by atoms with Crippen LogP contribution in [-0.2, 0) is 37.6 Å². The molecule has 3 atom stereocenters. The number of aromatic nitrogens is 1. The fourth-order valence-electron chi connectivity index (χ4n) is 3.54. The average molecular weight is 551 g/mol. The lowest BCUT2D eigenvalue weighted by Crippen LogP contribution is -2.57. The molecule has 208 valence electrons. The van der Waals surface area contributed by atoms with Gasteiger partial charge in [-0.3, -0.25) is 19.4 Å². The molecule has 0 spiro atoms. The maximum Gasteiger partial charge on any atom is 0.324 e. The number of aliphatic hydroxyl groups is 1. The van der Waals surface area contributed by atoms with Gasteiger partial charge in [-0.15, -0.1) is 0 Å². The minimum Gasteiger partial charge on any atom is -0.481 e. The highest BCUT2D eigenvalue weighted by Gasteiger charge is 2.37. The van der Waals surface area contributed by atoms with Crippen LogP contribution in [0.1, 0.15) is 38.3 Å². The molecule has 1 amide bonds. The standard InChI is InChI=1S/C25H34N4O8S/c1-17(13-22(31)32)23(33)27-20(14-18-7-5-4-6-8-18)21(30)16-29(15-19-9-11-26-12-10-19)38(36,37)28-25(2,3)24(34)35/h4-12,17,20-21,28,30H,13-16H2,1-3H3,(H,27,33)(H,31,32)(H,34,35). The van der Waals surface area contributed by atoms with Gasteiger partial charge in [-0.2, -0.15) is 17.4 Å². The van der Waals surface area contributed by atoms with E-state index in [1.54, 1.807) is 42.5 Å². The lowest BCUT2D eigenvalue weighted by molar-refractivity contribution is -0.142. The first kappa shape index (κ1) is 30.8. The second-order valence-electron chi connectivity index (χ2n) is 9.56. The first-order chi connectivity index (χ1) is 17.7. The summed E-state index contributed by atoms with van der Waals surface area (Å²) in [6, 6.07) is 11.1. The third kappa shape index (κ3) is 9.49. The molecule has 3 unspecified atom stereocenters. The molecule has 38 heavy (non-hydrogen) atoms. The summed E-state index contributed by atoms with van der Waals surface area (Å²) in [6.07, 6.45) is 1.20. The molecule has 0 bridgehead atoms. The van der Waals surface area contributed by atoms with E-state index >= 15 is 0 Å². The van der Waals surface area contributed by atoms with Crippen LogP contribution in [0.25, 0.3) is 0 Å². The number of carboxylic acids is 2. The fraction of sp³-hybridized carbons (Fsp3) is 0.440. The zero-order chi connectivity index (χ0) is 28.5. The van der Waals surface area contributed by atoms with Crippen molar-refractivity contribution in [2.24, 2.45) is 5.92 Å². The minimum absolute atomic E-state index is 0.130. The van der Waals surface area contributed by atoms with E-state index in [1.807, 2.05) is 0 Å². The lowest BCUT2D eigenvalue weighted by atomic mass is 9.99. The van der Waals surface area contributed by atoms with Gasteiger partial charge in [-0.1, -0.05) is 37.3 Å². The highest BCUT2D eigenvalue weighted by atomic mass is 32.2. The molecule has 0 aliphatic heterocycles. The van der Waals surface area contributed by atoms with Crippen molar-refractivity contribution in [3.8, 4) is 0 Å². The van der Waals surface area contributed by atoms with E-state index in [4.69, 9.17) is 5.11 Å². The van der Waals surface area contributed by atoms with E-state index in [2.05, 4.69) is 15.0 Å². The first-order valence-corrected chi connectivity index (χ1v) is 13.3. The van der Waals surface area contributed by atoms with Gasteiger partial charge in [-0.05, 0) is 43.5 Å². The second-order valence-corrected chi connectivity index (χ2v) is 11.2. The molecule has 1 aromatic heterocycles. The van der Waals surface area contributed by atoms with Crippen LogP contribution in [0.2, 0.25) is 0 Å². The van der Waals surface area contributed by atoms with Crippen LogP contribution in [0.3, 0.4) is 0 Å². The second kappa shape index (κ2) is 13.4. The summed E-state index contributed by atoms with van der Waals surface area (Å²) in [7, 11) is -4.45. The summed E-state index contributed by atoms with van der Waals surface area (Å²) >= 11 is 0. The maximum atomic E-state index is 13.3. The van der Waals surface area contributed by atoms with E-state index in [9.17, 15) is 33.0 Å². The summed E-state index contributed by atoms with van der Waals surface area (Å²) in [5.74, 6) is -4.06. The molecule has 0 radical (unpaired) electrons. The van der Waals surface area contributed by atoms with Gasteiger partial charge in [0, 0.05) is 31.4 Å². The summed E-state index contributed by atoms with van der Waals surface area (Å²) < 4.78 is 29.6. The highest BCUT2D eigenvalue weighted by Crippen LogP contribution is 2.16. The molecule has 0 saturated heterocycles. The summed E-state index contributed by atoms with van der Waals surface area (Å²) in [4.78, 5) is 39.3. The molecule has 1 heterocycles. The van der Waals surface area contributed by atoms with E-state index in [0.717, 1.165) is 9.87 Å². The SMILES string of the molecule is CC(CC(=O)O)C(=O)NC(Cc1ccccc1)C(O)CN(Cc1ccncc1)S(=O)(=O)NC(C)(C)C(=O)O.